The van der Waals surface area contributed by atoms with Crippen molar-refractivity contribution in [2.45, 2.75) is 4.90 Å². The number of hydrogen-bond acceptors (Lipinski definition) is 7. The summed E-state index contributed by atoms with van der Waals surface area (Å²) in [5, 5.41) is 3.95. The van der Waals surface area contributed by atoms with Gasteiger partial charge in [0.15, 0.2) is 0 Å². The zero-order valence-electron chi connectivity index (χ0n) is 23.8. The van der Waals surface area contributed by atoms with Gasteiger partial charge in [0.25, 0.3) is 15.9 Å². The number of aromatic nitrogens is 1. The van der Waals surface area contributed by atoms with E-state index >= 15 is 0 Å². The van der Waals surface area contributed by atoms with Gasteiger partial charge in [0, 0.05) is 24.0 Å². The van der Waals surface area contributed by atoms with Gasteiger partial charge in [-0.3, -0.25) is 9.52 Å². The number of pyridine rings is 1. The normalized spacial score (nSPS) is 13.5. The standard InChI is InChI=1S/C33H29ClN4O5S/c1-42-23-12-10-22(11-13-23)30-21-26(25-6-2-4-8-28(25)35-30)33(39)36-31-20-24(14-15-32(31)38-16-18-43-19-17-38)44(40,41)37-29-9-5-3-7-27(29)34/h2-15,20-21,37H,16-19H2,1H3,(H,36,39). The van der Waals surface area contributed by atoms with Crippen LogP contribution < -0.4 is 19.7 Å². The number of methoxy groups -OCH3 is 1. The second-order valence-electron chi connectivity index (χ2n) is 10.1. The third-order valence-corrected chi connectivity index (χ3v) is 9.04. The van der Waals surface area contributed by atoms with Gasteiger partial charge in [-0.05, 0) is 66.7 Å². The zero-order chi connectivity index (χ0) is 30.7. The van der Waals surface area contributed by atoms with Crippen LogP contribution in [0.25, 0.3) is 22.2 Å². The molecule has 6 rings (SSSR count). The average Bonchev–Trinajstić information content (AvgIpc) is 3.05. The van der Waals surface area contributed by atoms with Gasteiger partial charge in [-0.25, -0.2) is 13.4 Å². The maximum atomic E-state index is 14.1. The SMILES string of the molecule is COc1ccc(-c2cc(C(=O)Nc3cc(S(=O)(=O)Nc4ccccc4Cl)ccc3N3CCOCC3)c3ccccc3n2)cc1. The summed E-state index contributed by atoms with van der Waals surface area (Å²) in [6.45, 7) is 2.21. The lowest BCUT2D eigenvalue weighted by atomic mass is 10.0. The first-order valence-corrected chi connectivity index (χ1v) is 15.8. The molecule has 0 aliphatic carbocycles. The number of anilines is 3. The second kappa shape index (κ2) is 12.5. The number of amides is 1. The van der Waals surface area contributed by atoms with E-state index in [1.165, 1.54) is 12.1 Å². The number of morpholine rings is 1. The number of halogens is 1. The van der Waals surface area contributed by atoms with Crippen molar-refractivity contribution < 1.29 is 22.7 Å². The van der Waals surface area contributed by atoms with Crippen molar-refractivity contribution in [1.29, 1.82) is 0 Å². The lowest BCUT2D eigenvalue weighted by Gasteiger charge is -2.31. The lowest BCUT2D eigenvalue weighted by Crippen LogP contribution is -2.36. The van der Waals surface area contributed by atoms with E-state index in [4.69, 9.17) is 26.1 Å². The number of benzene rings is 4. The minimum atomic E-state index is -4.04. The first-order chi connectivity index (χ1) is 21.3. The number of fused-ring (bicyclic) bond motifs is 1. The minimum absolute atomic E-state index is 0.0248. The first-order valence-electron chi connectivity index (χ1n) is 13.9. The number of carbonyl (C=O) groups excluding carboxylic acids is 1. The smallest absolute Gasteiger partial charge is 0.262 e. The zero-order valence-corrected chi connectivity index (χ0v) is 25.4. The van der Waals surface area contributed by atoms with E-state index in [2.05, 4.69) is 14.9 Å². The largest absolute Gasteiger partial charge is 0.497 e. The van der Waals surface area contributed by atoms with Gasteiger partial charge in [-0.1, -0.05) is 41.9 Å². The van der Waals surface area contributed by atoms with Gasteiger partial charge in [0.2, 0.25) is 0 Å². The number of sulfonamides is 1. The molecule has 1 aliphatic heterocycles. The molecule has 11 heteroatoms. The molecule has 0 bridgehead atoms. The van der Waals surface area contributed by atoms with Crippen molar-refractivity contribution in [3.8, 4) is 17.0 Å². The Morgan fingerprint density at radius 1 is 0.909 bits per heavy atom. The van der Waals surface area contributed by atoms with Crippen molar-refractivity contribution in [2.75, 3.05) is 48.4 Å². The van der Waals surface area contributed by atoms with Crippen LogP contribution in [0.2, 0.25) is 5.02 Å². The Bertz CT molecular complexity index is 1940. The first kappa shape index (κ1) is 29.4. The summed E-state index contributed by atoms with van der Waals surface area (Å²) in [6, 6.07) is 27.9. The monoisotopic (exact) mass is 628 g/mol. The van der Waals surface area contributed by atoms with Crippen molar-refractivity contribution in [1.82, 2.24) is 4.98 Å². The minimum Gasteiger partial charge on any atom is -0.497 e. The molecule has 0 unspecified atom stereocenters. The number of para-hydroxylation sites is 2. The Hall–Kier alpha value is -4.64. The molecule has 9 nitrogen and oxygen atoms in total. The van der Waals surface area contributed by atoms with Gasteiger partial charge in [-0.2, -0.15) is 0 Å². The van der Waals surface area contributed by atoms with Crippen LogP contribution in [0, 0.1) is 0 Å². The summed E-state index contributed by atoms with van der Waals surface area (Å²) in [6.07, 6.45) is 0. The fourth-order valence-corrected chi connectivity index (χ4v) is 6.42. The molecule has 1 amide bonds. The molecular formula is C33H29ClN4O5S. The highest BCUT2D eigenvalue weighted by molar-refractivity contribution is 7.92. The van der Waals surface area contributed by atoms with Crippen molar-refractivity contribution in [3.05, 3.63) is 108 Å². The highest BCUT2D eigenvalue weighted by atomic mass is 35.5. The molecule has 5 aromatic rings. The summed E-state index contributed by atoms with van der Waals surface area (Å²) < 4.78 is 40.2. The Kier molecular flexibility index (Phi) is 8.38. The predicted octanol–water partition coefficient (Wildman–Crippen LogP) is 6.45. The average molecular weight is 629 g/mol. The molecule has 0 atom stereocenters. The molecule has 44 heavy (non-hydrogen) atoms. The quantitative estimate of drug-likeness (QED) is 0.203. The van der Waals surface area contributed by atoms with Crippen molar-refractivity contribution >= 4 is 55.5 Å². The molecule has 2 heterocycles. The number of hydrogen-bond donors (Lipinski definition) is 2. The van der Waals surface area contributed by atoms with Crippen LogP contribution in [0.5, 0.6) is 5.75 Å². The molecule has 1 saturated heterocycles. The molecule has 1 aromatic heterocycles. The maximum Gasteiger partial charge on any atom is 0.262 e. The third kappa shape index (κ3) is 6.19. The van der Waals surface area contributed by atoms with Gasteiger partial charge in [0.05, 0.1) is 64.1 Å². The van der Waals surface area contributed by atoms with Crippen molar-refractivity contribution in [2.24, 2.45) is 0 Å². The van der Waals surface area contributed by atoms with Crippen LogP contribution >= 0.6 is 11.6 Å². The number of nitrogens with one attached hydrogen (secondary N) is 2. The third-order valence-electron chi connectivity index (χ3n) is 7.34. The number of ether oxygens (including phenoxy) is 2. The Labute approximate surface area is 260 Å². The van der Waals surface area contributed by atoms with Crippen LogP contribution in [0.4, 0.5) is 17.1 Å². The molecular weight excluding hydrogens is 600 g/mol. The van der Waals surface area contributed by atoms with E-state index in [-0.39, 0.29) is 15.6 Å². The summed E-state index contributed by atoms with van der Waals surface area (Å²) in [5.74, 6) is 0.309. The van der Waals surface area contributed by atoms with Crippen LogP contribution in [-0.4, -0.2) is 52.7 Å². The summed E-state index contributed by atoms with van der Waals surface area (Å²) >= 11 is 6.22. The number of rotatable bonds is 8. The van der Waals surface area contributed by atoms with Crippen LogP contribution in [0.1, 0.15) is 10.4 Å². The lowest BCUT2D eigenvalue weighted by molar-refractivity contribution is 0.102. The van der Waals surface area contributed by atoms with Gasteiger partial charge in [0.1, 0.15) is 5.75 Å². The summed E-state index contributed by atoms with van der Waals surface area (Å²) in [5.41, 5.74) is 3.78. The van der Waals surface area contributed by atoms with Crippen LogP contribution in [0.3, 0.4) is 0 Å². The second-order valence-corrected chi connectivity index (χ2v) is 12.2. The summed E-state index contributed by atoms with van der Waals surface area (Å²) in [7, 11) is -2.44. The van der Waals surface area contributed by atoms with E-state index in [0.717, 1.165) is 5.56 Å². The highest BCUT2D eigenvalue weighted by Gasteiger charge is 2.23. The van der Waals surface area contributed by atoms with Crippen LogP contribution in [0.15, 0.2) is 102 Å². The molecule has 2 N–H and O–H groups in total. The van der Waals surface area contributed by atoms with E-state index in [1.54, 1.807) is 43.5 Å². The van der Waals surface area contributed by atoms with Gasteiger partial charge < -0.3 is 19.7 Å². The van der Waals surface area contributed by atoms with Gasteiger partial charge in [-0.15, -0.1) is 0 Å². The predicted molar refractivity (Wildman–Crippen MR) is 173 cm³/mol. The van der Waals surface area contributed by atoms with E-state index in [9.17, 15) is 13.2 Å². The van der Waals surface area contributed by atoms with Crippen LogP contribution in [-0.2, 0) is 14.8 Å². The molecule has 0 radical (unpaired) electrons. The molecule has 1 fully saturated rings. The van der Waals surface area contributed by atoms with Gasteiger partial charge >= 0.3 is 0 Å². The van der Waals surface area contributed by atoms with E-state index < -0.39 is 15.9 Å². The maximum absolute atomic E-state index is 14.1. The summed E-state index contributed by atoms with van der Waals surface area (Å²) in [4.78, 5) is 20.9. The Morgan fingerprint density at radius 2 is 1.64 bits per heavy atom. The molecule has 0 saturated carbocycles. The molecule has 224 valence electrons. The topological polar surface area (TPSA) is 110 Å². The van der Waals surface area contributed by atoms with Crippen molar-refractivity contribution in [3.63, 3.8) is 0 Å². The number of nitrogens with zero attached hydrogens (tertiary/aromatic N) is 2. The fraction of sp³-hybridized carbons (Fsp3) is 0.152. The Morgan fingerprint density at radius 3 is 2.39 bits per heavy atom. The molecule has 1 aliphatic rings. The Balaban J connectivity index is 1.40. The van der Waals surface area contributed by atoms with E-state index in [1.807, 2.05) is 48.5 Å². The highest BCUT2D eigenvalue weighted by Crippen LogP contribution is 2.33. The molecule has 0 spiro atoms. The number of carbonyl (C=O) groups is 1. The van der Waals surface area contributed by atoms with E-state index in [0.29, 0.717) is 65.6 Å². The molecule has 4 aromatic carbocycles. The fourth-order valence-electron chi connectivity index (χ4n) is 5.07.